The molecule has 0 aliphatic carbocycles. The van der Waals surface area contributed by atoms with Crippen LogP contribution in [0.2, 0.25) is 5.02 Å². The van der Waals surface area contributed by atoms with Crippen molar-refractivity contribution in [2.24, 2.45) is 0 Å². The summed E-state index contributed by atoms with van der Waals surface area (Å²) in [4.78, 5) is -0.254. The summed E-state index contributed by atoms with van der Waals surface area (Å²) in [5.74, 6) is -0.146. The highest BCUT2D eigenvalue weighted by Crippen LogP contribution is 2.29. The number of hydrogen-bond acceptors (Lipinski definition) is 4. The predicted octanol–water partition coefficient (Wildman–Crippen LogP) is 4.05. The molecule has 0 bridgehead atoms. The molecular formula is C14H11ClF3NO4S. The fraction of sp³-hybridized carbons (Fsp3) is 0.143. The zero-order valence-corrected chi connectivity index (χ0v) is 13.7. The van der Waals surface area contributed by atoms with Gasteiger partial charge in [-0.05, 0) is 36.4 Å². The van der Waals surface area contributed by atoms with Gasteiger partial charge in [-0.25, -0.2) is 8.42 Å². The van der Waals surface area contributed by atoms with Crippen LogP contribution in [0, 0.1) is 0 Å². The van der Waals surface area contributed by atoms with Gasteiger partial charge in [-0.1, -0.05) is 11.6 Å². The number of ether oxygens (including phenoxy) is 2. The summed E-state index contributed by atoms with van der Waals surface area (Å²) in [7, 11) is -2.64. The van der Waals surface area contributed by atoms with Crippen molar-refractivity contribution in [3.8, 4) is 11.5 Å². The molecule has 0 heterocycles. The number of halogens is 4. The molecule has 0 aliphatic heterocycles. The quantitative estimate of drug-likeness (QED) is 0.848. The van der Waals surface area contributed by atoms with Crippen molar-refractivity contribution in [1.29, 1.82) is 0 Å². The van der Waals surface area contributed by atoms with Crippen molar-refractivity contribution in [3.05, 3.63) is 47.5 Å². The molecule has 0 amide bonds. The van der Waals surface area contributed by atoms with Gasteiger partial charge in [-0.15, -0.1) is 13.2 Å². The Balaban J connectivity index is 2.25. The Bertz CT molecular complexity index is 823. The molecule has 24 heavy (non-hydrogen) atoms. The van der Waals surface area contributed by atoms with E-state index in [9.17, 15) is 21.6 Å². The molecule has 0 aromatic heterocycles. The third-order valence-corrected chi connectivity index (χ3v) is 4.50. The molecule has 1 N–H and O–H groups in total. The molecule has 0 radical (unpaired) electrons. The topological polar surface area (TPSA) is 64.6 Å². The molecule has 0 unspecified atom stereocenters. The van der Waals surface area contributed by atoms with E-state index in [1.807, 2.05) is 0 Å². The van der Waals surface area contributed by atoms with Crippen LogP contribution in [-0.4, -0.2) is 21.9 Å². The van der Waals surface area contributed by atoms with Crippen LogP contribution in [0.1, 0.15) is 0 Å². The Morgan fingerprint density at radius 2 is 1.62 bits per heavy atom. The summed E-state index contributed by atoms with van der Waals surface area (Å²) in [6.45, 7) is 0. The number of methoxy groups -OCH3 is 1. The summed E-state index contributed by atoms with van der Waals surface area (Å²) in [5, 5.41) is 0.136. The summed E-state index contributed by atoms with van der Waals surface area (Å²) >= 11 is 5.92. The average Bonchev–Trinajstić information content (AvgIpc) is 2.48. The Morgan fingerprint density at radius 3 is 2.17 bits per heavy atom. The summed E-state index contributed by atoms with van der Waals surface area (Å²) in [6.07, 6.45) is -4.85. The first-order valence-electron chi connectivity index (χ1n) is 6.33. The van der Waals surface area contributed by atoms with Crippen LogP contribution >= 0.6 is 11.6 Å². The van der Waals surface area contributed by atoms with Gasteiger partial charge in [0.1, 0.15) is 11.5 Å². The molecule has 5 nitrogen and oxygen atoms in total. The van der Waals surface area contributed by atoms with Crippen LogP contribution in [-0.2, 0) is 10.0 Å². The van der Waals surface area contributed by atoms with Gasteiger partial charge in [0.25, 0.3) is 10.0 Å². The Morgan fingerprint density at radius 1 is 1.04 bits per heavy atom. The van der Waals surface area contributed by atoms with E-state index in [1.54, 1.807) is 6.07 Å². The van der Waals surface area contributed by atoms with Crippen LogP contribution in [0.3, 0.4) is 0 Å². The first-order valence-corrected chi connectivity index (χ1v) is 8.19. The lowest BCUT2D eigenvalue weighted by Crippen LogP contribution is -2.17. The monoisotopic (exact) mass is 381 g/mol. The van der Waals surface area contributed by atoms with Gasteiger partial charge in [0.2, 0.25) is 0 Å². The van der Waals surface area contributed by atoms with Crippen molar-refractivity contribution in [2.75, 3.05) is 11.8 Å². The fourth-order valence-corrected chi connectivity index (χ4v) is 3.03. The SMILES string of the molecule is COc1ccc(Cl)c(NS(=O)(=O)c2ccc(OC(F)(F)F)cc2)c1. The molecule has 0 atom stereocenters. The maximum atomic E-state index is 12.3. The van der Waals surface area contributed by atoms with Crippen molar-refractivity contribution in [3.63, 3.8) is 0 Å². The molecule has 10 heteroatoms. The van der Waals surface area contributed by atoms with Crippen LogP contribution in [0.4, 0.5) is 18.9 Å². The molecular weight excluding hydrogens is 371 g/mol. The predicted molar refractivity (Wildman–Crippen MR) is 81.9 cm³/mol. The summed E-state index contributed by atoms with van der Waals surface area (Å²) in [5.41, 5.74) is 0.0756. The zero-order valence-electron chi connectivity index (χ0n) is 12.1. The molecule has 2 aromatic rings. The molecule has 2 aromatic carbocycles. The van der Waals surface area contributed by atoms with Gasteiger partial charge >= 0.3 is 6.36 Å². The van der Waals surface area contributed by atoms with Gasteiger partial charge in [0.05, 0.1) is 22.7 Å². The molecule has 0 saturated heterocycles. The van der Waals surface area contributed by atoms with Gasteiger partial charge in [0, 0.05) is 6.07 Å². The first-order chi connectivity index (χ1) is 11.1. The lowest BCUT2D eigenvalue weighted by atomic mass is 10.3. The number of benzene rings is 2. The Hall–Kier alpha value is -2.13. The number of sulfonamides is 1. The second-order valence-electron chi connectivity index (χ2n) is 4.47. The van der Waals surface area contributed by atoms with E-state index < -0.39 is 22.1 Å². The van der Waals surface area contributed by atoms with Crippen molar-refractivity contribution in [1.82, 2.24) is 0 Å². The molecule has 0 saturated carbocycles. The smallest absolute Gasteiger partial charge is 0.497 e. The van der Waals surface area contributed by atoms with Crippen LogP contribution < -0.4 is 14.2 Å². The number of nitrogens with one attached hydrogen (secondary N) is 1. The number of hydrogen-bond donors (Lipinski definition) is 1. The van der Waals surface area contributed by atoms with Gasteiger partial charge in [-0.3, -0.25) is 4.72 Å². The third kappa shape index (κ3) is 4.68. The highest BCUT2D eigenvalue weighted by Gasteiger charge is 2.31. The van der Waals surface area contributed by atoms with Gasteiger partial charge in [0.15, 0.2) is 0 Å². The van der Waals surface area contributed by atoms with E-state index in [0.29, 0.717) is 5.75 Å². The van der Waals surface area contributed by atoms with Crippen LogP contribution in [0.15, 0.2) is 47.4 Å². The second-order valence-corrected chi connectivity index (χ2v) is 6.56. The molecule has 0 fully saturated rings. The van der Waals surface area contributed by atoms with E-state index in [1.165, 1.54) is 19.2 Å². The molecule has 130 valence electrons. The first kappa shape index (κ1) is 18.2. The van der Waals surface area contributed by atoms with E-state index in [-0.39, 0.29) is 15.6 Å². The average molecular weight is 382 g/mol. The lowest BCUT2D eigenvalue weighted by Gasteiger charge is -2.12. The van der Waals surface area contributed by atoms with E-state index in [2.05, 4.69) is 9.46 Å². The minimum absolute atomic E-state index is 0.0756. The fourth-order valence-electron chi connectivity index (χ4n) is 1.73. The number of rotatable bonds is 5. The second kappa shape index (κ2) is 6.78. The molecule has 2 rings (SSSR count). The maximum absolute atomic E-state index is 12.3. The maximum Gasteiger partial charge on any atom is 0.573 e. The summed E-state index contributed by atoms with van der Waals surface area (Å²) in [6, 6.07) is 8.13. The van der Waals surface area contributed by atoms with Crippen molar-refractivity contribution in [2.45, 2.75) is 11.3 Å². The normalized spacial score (nSPS) is 11.9. The third-order valence-electron chi connectivity index (χ3n) is 2.79. The van der Waals surface area contributed by atoms with E-state index in [0.717, 1.165) is 24.3 Å². The van der Waals surface area contributed by atoms with Crippen molar-refractivity contribution >= 4 is 27.3 Å². The van der Waals surface area contributed by atoms with E-state index in [4.69, 9.17) is 16.3 Å². The highest BCUT2D eigenvalue weighted by atomic mass is 35.5. The Labute approximate surface area is 141 Å². The summed E-state index contributed by atoms with van der Waals surface area (Å²) < 4.78 is 71.8. The molecule has 0 spiro atoms. The standard InChI is InChI=1S/C14H11ClF3NO4S/c1-22-10-4-7-12(15)13(8-10)19-24(20,21)11-5-2-9(3-6-11)23-14(16,17)18/h2-8,19H,1H3. The van der Waals surface area contributed by atoms with E-state index >= 15 is 0 Å². The lowest BCUT2D eigenvalue weighted by molar-refractivity contribution is -0.274. The number of alkyl halides is 3. The zero-order chi connectivity index (χ0) is 18.0. The van der Waals surface area contributed by atoms with Gasteiger partial charge < -0.3 is 9.47 Å². The Kier molecular flexibility index (Phi) is 5.14. The van der Waals surface area contributed by atoms with Gasteiger partial charge in [-0.2, -0.15) is 0 Å². The number of anilines is 1. The highest BCUT2D eigenvalue weighted by molar-refractivity contribution is 7.92. The van der Waals surface area contributed by atoms with Crippen LogP contribution in [0.5, 0.6) is 11.5 Å². The van der Waals surface area contributed by atoms with Crippen LogP contribution in [0.25, 0.3) is 0 Å². The molecule has 0 aliphatic rings. The largest absolute Gasteiger partial charge is 0.573 e. The van der Waals surface area contributed by atoms with Crippen molar-refractivity contribution < 1.29 is 31.1 Å². The minimum atomic E-state index is -4.85. The minimum Gasteiger partial charge on any atom is -0.497 e.